The minimum Gasteiger partial charge on any atom is -0.309 e. The Bertz CT molecular complexity index is 831. The van der Waals surface area contributed by atoms with E-state index in [2.05, 4.69) is 45.6 Å². The quantitative estimate of drug-likeness (QED) is 0.723. The summed E-state index contributed by atoms with van der Waals surface area (Å²) in [6.45, 7) is 3.54. The van der Waals surface area contributed by atoms with Crippen LogP contribution in [-0.4, -0.2) is 25.7 Å². The Morgan fingerprint density at radius 2 is 2.12 bits per heavy atom. The van der Waals surface area contributed by atoms with Crippen LogP contribution in [0, 0.1) is 6.92 Å². The van der Waals surface area contributed by atoms with Crippen molar-refractivity contribution in [1.29, 1.82) is 0 Å². The van der Waals surface area contributed by atoms with Crippen LogP contribution >= 0.6 is 11.8 Å². The van der Waals surface area contributed by atoms with Crippen LogP contribution < -0.4 is 5.32 Å². The Kier molecular flexibility index (Phi) is 4.90. The number of thioether (sulfide) groups is 1. The minimum atomic E-state index is -0.154. The van der Waals surface area contributed by atoms with E-state index >= 15 is 0 Å². The molecule has 0 aliphatic rings. The van der Waals surface area contributed by atoms with Gasteiger partial charge in [-0.3, -0.25) is 4.79 Å². The van der Waals surface area contributed by atoms with E-state index in [1.807, 2.05) is 16.8 Å². The van der Waals surface area contributed by atoms with E-state index < -0.39 is 0 Å². The maximum atomic E-state index is 11.0. The number of anilines is 1. The van der Waals surface area contributed by atoms with Crippen LogP contribution in [-0.2, 0) is 10.5 Å². The third-order valence-electron chi connectivity index (χ3n) is 3.45. The SMILES string of the molecule is CC(=O)Nc1ccc(SCc2ccc(-n3ccnc3)cc2C)nn1. The molecule has 3 rings (SSSR count). The number of aryl methyl sites for hydroxylation is 1. The first-order valence-corrected chi connectivity index (χ1v) is 8.42. The molecule has 0 saturated heterocycles. The van der Waals surface area contributed by atoms with E-state index in [1.165, 1.54) is 18.1 Å². The van der Waals surface area contributed by atoms with E-state index in [9.17, 15) is 4.79 Å². The summed E-state index contributed by atoms with van der Waals surface area (Å²) in [7, 11) is 0. The summed E-state index contributed by atoms with van der Waals surface area (Å²) in [6, 6.07) is 9.96. The fourth-order valence-corrected chi connectivity index (χ4v) is 3.10. The number of carbonyl (C=O) groups excluding carboxylic acids is 1. The van der Waals surface area contributed by atoms with Crippen LogP contribution in [0.4, 0.5) is 5.82 Å². The van der Waals surface area contributed by atoms with Crippen LogP contribution in [0.5, 0.6) is 0 Å². The predicted molar refractivity (Wildman–Crippen MR) is 94.2 cm³/mol. The third-order valence-corrected chi connectivity index (χ3v) is 4.42. The van der Waals surface area contributed by atoms with Crippen molar-refractivity contribution in [1.82, 2.24) is 19.7 Å². The zero-order valence-corrected chi connectivity index (χ0v) is 14.2. The lowest BCUT2D eigenvalue weighted by Crippen LogP contribution is -2.07. The number of imidazole rings is 1. The molecule has 1 N–H and O–H groups in total. The molecular formula is C17H17N5OS. The first kappa shape index (κ1) is 16.2. The third kappa shape index (κ3) is 3.99. The van der Waals surface area contributed by atoms with Crippen LogP contribution in [0.2, 0.25) is 0 Å². The van der Waals surface area contributed by atoms with Gasteiger partial charge in [0.25, 0.3) is 0 Å². The monoisotopic (exact) mass is 339 g/mol. The first-order chi connectivity index (χ1) is 11.6. The number of aromatic nitrogens is 4. The summed E-state index contributed by atoms with van der Waals surface area (Å²) in [5.74, 6) is 1.12. The fraction of sp³-hybridized carbons (Fsp3) is 0.176. The molecule has 2 aromatic heterocycles. The summed E-state index contributed by atoms with van der Waals surface area (Å²) in [6.07, 6.45) is 5.48. The Balaban J connectivity index is 1.65. The zero-order chi connectivity index (χ0) is 16.9. The van der Waals surface area contributed by atoms with Crippen molar-refractivity contribution in [2.45, 2.75) is 24.6 Å². The number of nitrogens with one attached hydrogen (secondary N) is 1. The van der Waals surface area contributed by atoms with Gasteiger partial charge in [0.1, 0.15) is 5.03 Å². The molecule has 1 aromatic carbocycles. The van der Waals surface area contributed by atoms with Gasteiger partial charge in [-0.15, -0.1) is 10.2 Å². The molecule has 7 heteroatoms. The van der Waals surface area contributed by atoms with E-state index in [0.29, 0.717) is 5.82 Å². The average molecular weight is 339 g/mol. The van der Waals surface area contributed by atoms with Gasteiger partial charge >= 0.3 is 0 Å². The van der Waals surface area contributed by atoms with E-state index in [-0.39, 0.29) is 5.91 Å². The van der Waals surface area contributed by atoms with Gasteiger partial charge in [0.05, 0.1) is 6.33 Å². The Morgan fingerprint density at radius 1 is 1.25 bits per heavy atom. The number of hydrogen-bond acceptors (Lipinski definition) is 5. The lowest BCUT2D eigenvalue weighted by Gasteiger charge is -2.09. The molecule has 0 aliphatic carbocycles. The maximum absolute atomic E-state index is 11.0. The van der Waals surface area contributed by atoms with Crippen molar-refractivity contribution in [2.24, 2.45) is 0 Å². The van der Waals surface area contributed by atoms with Crippen molar-refractivity contribution in [3.05, 3.63) is 60.2 Å². The molecule has 122 valence electrons. The van der Waals surface area contributed by atoms with Crippen molar-refractivity contribution >= 4 is 23.5 Å². The van der Waals surface area contributed by atoms with Crippen molar-refractivity contribution in [2.75, 3.05) is 5.32 Å². The second-order valence-corrected chi connectivity index (χ2v) is 6.30. The largest absolute Gasteiger partial charge is 0.309 e. The molecule has 0 saturated carbocycles. The highest BCUT2D eigenvalue weighted by Gasteiger charge is 2.05. The van der Waals surface area contributed by atoms with E-state index in [1.54, 1.807) is 30.4 Å². The molecule has 0 atom stereocenters. The highest BCUT2D eigenvalue weighted by molar-refractivity contribution is 7.98. The van der Waals surface area contributed by atoms with E-state index in [0.717, 1.165) is 16.5 Å². The fourth-order valence-electron chi connectivity index (χ4n) is 2.21. The van der Waals surface area contributed by atoms with Crippen LogP contribution in [0.1, 0.15) is 18.1 Å². The number of amides is 1. The highest BCUT2D eigenvalue weighted by Crippen LogP contribution is 2.24. The smallest absolute Gasteiger partial charge is 0.222 e. The molecule has 24 heavy (non-hydrogen) atoms. The van der Waals surface area contributed by atoms with Gasteiger partial charge in [0.2, 0.25) is 5.91 Å². The molecule has 0 fully saturated rings. The molecule has 2 heterocycles. The van der Waals surface area contributed by atoms with Gasteiger partial charge < -0.3 is 9.88 Å². The first-order valence-electron chi connectivity index (χ1n) is 7.44. The van der Waals surface area contributed by atoms with Gasteiger partial charge in [-0.1, -0.05) is 17.8 Å². The Morgan fingerprint density at radius 3 is 2.75 bits per heavy atom. The summed E-state index contributed by atoms with van der Waals surface area (Å²) in [5, 5.41) is 11.5. The molecule has 0 radical (unpaired) electrons. The van der Waals surface area contributed by atoms with Gasteiger partial charge in [-0.05, 0) is 42.3 Å². The average Bonchev–Trinajstić information content (AvgIpc) is 3.09. The Hall–Kier alpha value is -2.67. The van der Waals surface area contributed by atoms with Crippen LogP contribution in [0.25, 0.3) is 5.69 Å². The molecule has 0 bridgehead atoms. The molecule has 6 nitrogen and oxygen atoms in total. The van der Waals surface area contributed by atoms with Gasteiger partial charge in [0.15, 0.2) is 5.82 Å². The van der Waals surface area contributed by atoms with Gasteiger partial charge in [-0.2, -0.15) is 0 Å². The molecule has 0 spiro atoms. The Labute approximate surface area is 144 Å². The van der Waals surface area contributed by atoms with Crippen LogP contribution in [0.15, 0.2) is 54.1 Å². The standard InChI is InChI=1S/C17H17N5OS/c1-12-9-15(22-8-7-18-11-22)4-3-14(12)10-24-17-6-5-16(20-21-17)19-13(2)23/h3-9,11H,10H2,1-2H3,(H,19,20,23). The van der Waals surface area contributed by atoms with Crippen molar-refractivity contribution in [3.8, 4) is 5.69 Å². The molecule has 0 aliphatic heterocycles. The maximum Gasteiger partial charge on any atom is 0.222 e. The topological polar surface area (TPSA) is 72.7 Å². The summed E-state index contributed by atoms with van der Waals surface area (Å²) in [4.78, 5) is 15.0. The van der Waals surface area contributed by atoms with Crippen molar-refractivity contribution in [3.63, 3.8) is 0 Å². The zero-order valence-electron chi connectivity index (χ0n) is 13.4. The number of hydrogen-bond donors (Lipinski definition) is 1. The lowest BCUT2D eigenvalue weighted by molar-refractivity contribution is -0.114. The second kappa shape index (κ2) is 7.27. The van der Waals surface area contributed by atoms with E-state index in [4.69, 9.17) is 0 Å². The number of carbonyl (C=O) groups is 1. The summed E-state index contributed by atoms with van der Waals surface area (Å²) < 4.78 is 1.98. The predicted octanol–water partition coefficient (Wildman–Crippen LogP) is 3.22. The minimum absolute atomic E-state index is 0.154. The highest BCUT2D eigenvalue weighted by atomic mass is 32.2. The molecule has 0 unspecified atom stereocenters. The lowest BCUT2D eigenvalue weighted by atomic mass is 10.1. The number of benzene rings is 1. The summed E-state index contributed by atoms with van der Waals surface area (Å²) in [5.41, 5.74) is 3.56. The second-order valence-electron chi connectivity index (χ2n) is 5.31. The summed E-state index contributed by atoms with van der Waals surface area (Å²) >= 11 is 1.61. The van der Waals surface area contributed by atoms with Crippen LogP contribution in [0.3, 0.4) is 0 Å². The van der Waals surface area contributed by atoms with Crippen molar-refractivity contribution < 1.29 is 4.79 Å². The molecular weight excluding hydrogens is 322 g/mol. The molecule has 1 amide bonds. The van der Waals surface area contributed by atoms with Gasteiger partial charge in [0, 0.05) is 30.8 Å². The normalized spacial score (nSPS) is 10.6. The number of rotatable bonds is 5. The molecule has 3 aromatic rings. The number of nitrogens with zero attached hydrogens (tertiary/aromatic N) is 4. The van der Waals surface area contributed by atoms with Gasteiger partial charge in [-0.25, -0.2) is 4.98 Å².